The highest BCUT2D eigenvalue weighted by atomic mass is 16.5. The number of amides is 1. The number of morpholine rings is 1. The summed E-state index contributed by atoms with van der Waals surface area (Å²) in [5.41, 5.74) is 5.48. The van der Waals surface area contributed by atoms with Crippen LogP contribution in [0.2, 0.25) is 0 Å². The quantitative estimate of drug-likeness (QED) is 0.723. The lowest BCUT2D eigenvalue weighted by atomic mass is 10.3. The highest BCUT2D eigenvalue weighted by Crippen LogP contribution is 2.05. The molecule has 1 saturated heterocycles. The lowest BCUT2D eigenvalue weighted by Crippen LogP contribution is -2.37. The Morgan fingerprint density at radius 1 is 1.42 bits per heavy atom. The molecule has 0 aliphatic carbocycles. The van der Waals surface area contributed by atoms with E-state index < -0.39 is 5.91 Å². The van der Waals surface area contributed by atoms with E-state index in [1.54, 1.807) is 12.1 Å². The van der Waals surface area contributed by atoms with Gasteiger partial charge in [-0.2, -0.15) is 0 Å². The summed E-state index contributed by atoms with van der Waals surface area (Å²) < 4.78 is 5.30. The number of pyridine rings is 1. The van der Waals surface area contributed by atoms with Crippen molar-refractivity contribution in [2.45, 2.75) is 6.42 Å². The molecule has 104 valence electrons. The molecule has 0 saturated carbocycles. The molecule has 0 unspecified atom stereocenters. The minimum absolute atomic E-state index is 0.290. The molecule has 1 fully saturated rings. The summed E-state index contributed by atoms with van der Waals surface area (Å²) in [7, 11) is 0. The van der Waals surface area contributed by atoms with Crippen molar-refractivity contribution in [3.8, 4) is 0 Å². The minimum atomic E-state index is -0.503. The van der Waals surface area contributed by atoms with Crippen LogP contribution in [0.25, 0.3) is 0 Å². The van der Waals surface area contributed by atoms with Crippen LogP contribution in [0.1, 0.15) is 16.9 Å². The summed E-state index contributed by atoms with van der Waals surface area (Å²) in [6.45, 7) is 5.55. The van der Waals surface area contributed by atoms with Crippen molar-refractivity contribution in [1.29, 1.82) is 0 Å². The predicted octanol–water partition coefficient (Wildman–Crippen LogP) is 0.315. The molecule has 19 heavy (non-hydrogen) atoms. The summed E-state index contributed by atoms with van der Waals surface area (Å²) in [6, 6.07) is 5.22. The number of carbonyl (C=O) groups is 1. The fourth-order valence-electron chi connectivity index (χ4n) is 2.01. The second kappa shape index (κ2) is 7.06. The van der Waals surface area contributed by atoms with Crippen LogP contribution >= 0.6 is 0 Å². The maximum atomic E-state index is 11.0. The number of primary amides is 1. The van der Waals surface area contributed by atoms with Crippen LogP contribution in [0.3, 0.4) is 0 Å². The zero-order chi connectivity index (χ0) is 13.5. The second-order valence-electron chi connectivity index (χ2n) is 4.51. The largest absolute Gasteiger partial charge is 0.379 e. The first-order valence-electron chi connectivity index (χ1n) is 6.56. The Labute approximate surface area is 112 Å². The minimum Gasteiger partial charge on any atom is -0.379 e. The van der Waals surface area contributed by atoms with Crippen molar-refractivity contribution in [3.05, 3.63) is 23.9 Å². The summed E-state index contributed by atoms with van der Waals surface area (Å²) in [6.07, 6.45) is 1.03. The lowest BCUT2D eigenvalue weighted by Gasteiger charge is -2.26. The maximum Gasteiger partial charge on any atom is 0.267 e. The van der Waals surface area contributed by atoms with E-state index in [-0.39, 0.29) is 5.69 Å². The molecular formula is C13H20N4O2. The first-order chi connectivity index (χ1) is 9.25. The fourth-order valence-corrected chi connectivity index (χ4v) is 2.01. The molecule has 6 nitrogen and oxygen atoms in total. The van der Waals surface area contributed by atoms with E-state index in [9.17, 15) is 4.79 Å². The average molecular weight is 264 g/mol. The van der Waals surface area contributed by atoms with Gasteiger partial charge in [0.15, 0.2) is 0 Å². The van der Waals surface area contributed by atoms with E-state index in [1.807, 2.05) is 6.07 Å². The maximum absolute atomic E-state index is 11.0. The van der Waals surface area contributed by atoms with Crippen molar-refractivity contribution >= 4 is 11.7 Å². The van der Waals surface area contributed by atoms with Gasteiger partial charge in [0.1, 0.15) is 11.5 Å². The highest BCUT2D eigenvalue weighted by molar-refractivity contribution is 5.91. The zero-order valence-electron chi connectivity index (χ0n) is 11.0. The van der Waals surface area contributed by atoms with Crippen molar-refractivity contribution < 1.29 is 9.53 Å². The molecule has 2 rings (SSSR count). The molecule has 1 amide bonds. The number of hydrogen-bond donors (Lipinski definition) is 2. The van der Waals surface area contributed by atoms with E-state index in [1.165, 1.54) is 0 Å². The molecule has 0 aromatic carbocycles. The predicted molar refractivity (Wildman–Crippen MR) is 73.1 cm³/mol. The Kier molecular flexibility index (Phi) is 5.11. The van der Waals surface area contributed by atoms with Crippen LogP contribution in [0.4, 0.5) is 5.82 Å². The molecule has 3 N–H and O–H groups in total. The van der Waals surface area contributed by atoms with Crippen LogP contribution in [0, 0.1) is 0 Å². The standard InChI is InChI=1S/C13H20N4O2/c14-13(18)11-3-1-4-12(16-11)15-5-2-6-17-7-9-19-10-8-17/h1,3-4H,2,5-10H2,(H2,14,18)(H,15,16). The first kappa shape index (κ1) is 13.8. The lowest BCUT2D eigenvalue weighted by molar-refractivity contribution is 0.0378. The van der Waals surface area contributed by atoms with Crippen molar-refractivity contribution in [3.63, 3.8) is 0 Å². The fraction of sp³-hybridized carbons (Fsp3) is 0.538. The zero-order valence-corrected chi connectivity index (χ0v) is 11.0. The summed E-state index contributed by atoms with van der Waals surface area (Å²) in [4.78, 5) is 17.5. The molecule has 2 heterocycles. The van der Waals surface area contributed by atoms with Crippen molar-refractivity contribution in [2.24, 2.45) is 5.73 Å². The molecular weight excluding hydrogens is 244 g/mol. The SMILES string of the molecule is NC(=O)c1cccc(NCCCN2CCOCC2)n1. The Balaban J connectivity index is 1.70. The van der Waals surface area contributed by atoms with Gasteiger partial charge < -0.3 is 15.8 Å². The Morgan fingerprint density at radius 2 is 2.21 bits per heavy atom. The number of nitrogens with zero attached hydrogens (tertiary/aromatic N) is 2. The van der Waals surface area contributed by atoms with E-state index >= 15 is 0 Å². The number of carbonyl (C=O) groups excluding carboxylic acids is 1. The topological polar surface area (TPSA) is 80.5 Å². The molecule has 1 aromatic rings. The van der Waals surface area contributed by atoms with Crippen LogP contribution in [0.5, 0.6) is 0 Å². The number of nitrogens with two attached hydrogens (primary N) is 1. The van der Waals surface area contributed by atoms with Gasteiger partial charge in [-0.15, -0.1) is 0 Å². The van der Waals surface area contributed by atoms with E-state index in [0.717, 1.165) is 45.8 Å². The number of hydrogen-bond acceptors (Lipinski definition) is 5. The van der Waals surface area contributed by atoms with Crippen LogP contribution in [-0.4, -0.2) is 55.2 Å². The normalized spacial score (nSPS) is 16.2. The van der Waals surface area contributed by atoms with Gasteiger partial charge in [0.25, 0.3) is 5.91 Å². The average Bonchev–Trinajstić information content (AvgIpc) is 2.45. The van der Waals surface area contributed by atoms with Gasteiger partial charge in [0.05, 0.1) is 13.2 Å². The summed E-state index contributed by atoms with van der Waals surface area (Å²) >= 11 is 0. The van der Waals surface area contributed by atoms with Crippen molar-refractivity contribution in [1.82, 2.24) is 9.88 Å². The number of aromatic nitrogens is 1. The smallest absolute Gasteiger partial charge is 0.267 e. The molecule has 1 aromatic heterocycles. The van der Waals surface area contributed by atoms with Gasteiger partial charge in [0.2, 0.25) is 0 Å². The third-order valence-electron chi connectivity index (χ3n) is 3.06. The molecule has 0 atom stereocenters. The van der Waals surface area contributed by atoms with E-state index in [2.05, 4.69) is 15.2 Å². The van der Waals surface area contributed by atoms with Gasteiger partial charge in [-0.25, -0.2) is 4.98 Å². The first-order valence-corrected chi connectivity index (χ1v) is 6.56. The second-order valence-corrected chi connectivity index (χ2v) is 4.51. The third kappa shape index (κ3) is 4.50. The Morgan fingerprint density at radius 3 is 2.95 bits per heavy atom. The number of rotatable bonds is 6. The Bertz CT molecular complexity index is 419. The summed E-state index contributed by atoms with van der Waals surface area (Å²) in [5.74, 6) is 0.190. The molecule has 6 heteroatoms. The van der Waals surface area contributed by atoms with Crippen LogP contribution < -0.4 is 11.1 Å². The third-order valence-corrected chi connectivity index (χ3v) is 3.06. The van der Waals surface area contributed by atoms with Gasteiger partial charge in [-0.05, 0) is 25.1 Å². The number of anilines is 1. The highest BCUT2D eigenvalue weighted by Gasteiger charge is 2.09. The van der Waals surface area contributed by atoms with Crippen LogP contribution in [0.15, 0.2) is 18.2 Å². The number of ether oxygens (including phenoxy) is 1. The molecule has 1 aliphatic rings. The van der Waals surface area contributed by atoms with E-state index in [0.29, 0.717) is 5.82 Å². The number of nitrogens with one attached hydrogen (secondary N) is 1. The molecule has 1 aliphatic heterocycles. The molecule has 0 bridgehead atoms. The summed E-state index contributed by atoms with van der Waals surface area (Å²) in [5, 5.41) is 3.20. The van der Waals surface area contributed by atoms with Gasteiger partial charge in [-0.3, -0.25) is 9.69 Å². The molecule has 0 spiro atoms. The van der Waals surface area contributed by atoms with Gasteiger partial charge in [-0.1, -0.05) is 6.07 Å². The Hall–Kier alpha value is -1.66. The molecule has 0 radical (unpaired) electrons. The van der Waals surface area contributed by atoms with Crippen molar-refractivity contribution in [2.75, 3.05) is 44.7 Å². The van der Waals surface area contributed by atoms with E-state index in [4.69, 9.17) is 10.5 Å². The van der Waals surface area contributed by atoms with Gasteiger partial charge >= 0.3 is 0 Å². The monoisotopic (exact) mass is 264 g/mol. The van der Waals surface area contributed by atoms with Gasteiger partial charge in [0, 0.05) is 19.6 Å². The van der Waals surface area contributed by atoms with Crippen LogP contribution in [-0.2, 0) is 4.74 Å².